The van der Waals surface area contributed by atoms with Crippen molar-refractivity contribution in [3.8, 4) is 17.0 Å². The lowest BCUT2D eigenvalue weighted by Gasteiger charge is -2.05. The molecule has 1 aliphatic carbocycles. The summed E-state index contributed by atoms with van der Waals surface area (Å²) in [7, 11) is 1.83. The van der Waals surface area contributed by atoms with Crippen molar-refractivity contribution in [1.82, 2.24) is 14.9 Å². The first-order valence-corrected chi connectivity index (χ1v) is 9.87. The van der Waals surface area contributed by atoms with Crippen molar-refractivity contribution < 1.29 is 14.3 Å². The minimum atomic E-state index is -0.323. The number of nitrogens with zero attached hydrogens (tertiary/aromatic N) is 2. The van der Waals surface area contributed by atoms with Crippen molar-refractivity contribution in [2.75, 3.05) is 11.9 Å². The molecule has 0 aliphatic heterocycles. The van der Waals surface area contributed by atoms with Crippen molar-refractivity contribution >= 4 is 28.3 Å². The molecule has 1 aromatic carbocycles. The zero-order valence-electron chi connectivity index (χ0n) is 15.3. The maximum Gasteiger partial charge on any atom is 0.253 e. The highest BCUT2D eigenvalue weighted by atomic mass is 32.1. The Balaban J connectivity index is 1.32. The largest absolute Gasteiger partial charge is 0.490 e. The summed E-state index contributed by atoms with van der Waals surface area (Å²) >= 11 is 1.34. The molecule has 8 heteroatoms. The van der Waals surface area contributed by atoms with Gasteiger partial charge in [-0.2, -0.15) is 0 Å². The minimum Gasteiger partial charge on any atom is -0.490 e. The maximum atomic E-state index is 12.1. The van der Waals surface area contributed by atoms with Gasteiger partial charge in [0, 0.05) is 30.4 Å². The molecule has 144 valence electrons. The highest BCUT2D eigenvalue weighted by molar-refractivity contribution is 7.14. The minimum absolute atomic E-state index is 0.118. The van der Waals surface area contributed by atoms with Crippen LogP contribution in [0.4, 0.5) is 5.13 Å². The number of amides is 2. The van der Waals surface area contributed by atoms with E-state index in [-0.39, 0.29) is 18.4 Å². The number of thiazole rings is 1. The second-order valence-corrected chi connectivity index (χ2v) is 7.54. The Bertz CT molecular complexity index is 1010. The Labute approximate surface area is 166 Å². The molecule has 2 aromatic heterocycles. The first kappa shape index (κ1) is 18.2. The molecule has 0 atom stereocenters. The molecular weight excluding hydrogens is 376 g/mol. The summed E-state index contributed by atoms with van der Waals surface area (Å²) in [6.45, 7) is -0.118. The van der Waals surface area contributed by atoms with E-state index in [1.807, 2.05) is 36.7 Å². The van der Waals surface area contributed by atoms with Crippen molar-refractivity contribution in [3.63, 3.8) is 0 Å². The van der Waals surface area contributed by atoms with Gasteiger partial charge in [-0.1, -0.05) is 12.1 Å². The lowest BCUT2D eigenvalue weighted by atomic mass is 10.2. The molecular formula is C20H20N4O3S. The first-order valence-electron chi connectivity index (χ1n) is 8.99. The van der Waals surface area contributed by atoms with Gasteiger partial charge in [0.15, 0.2) is 5.13 Å². The number of aromatic nitrogens is 2. The SMILES string of the molecule is Cn1ccc(C(=O)NCC(=O)Nc2nc(-c3cccc(OC4CC4)c3)cs2)c1. The lowest BCUT2D eigenvalue weighted by Crippen LogP contribution is -2.32. The van der Waals surface area contributed by atoms with Crippen LogP contribution in [-0.4, -0.2) is 34.0 Å². The standard InChI is InChI=1S/C20H20N4O3S/c1-24-8-7-14(11-24)19(26)21-10-18(25)23-20-22-17(12-28-20)13-3-2-4-16(9-13)27-15-5-6-15/h2-4,7-9,11-12,15H,5-6,10H2,1H3,(H,21,26)(H,22,23,25). The fourth-order valence-electron chi connectivity index (χ4n) is 2.63. The van der Waals surface area contributed by atoms with Crippen molar-refractivity contribution in [3.05, 3.63) is 53.7 Å². The summed E-state index contributed by atoms with van der Waals surface area (Å²) in [5.74, 6) is 0.223. The van der Waals surface area contributed by atoms with Crippen LogP contribution in [0.3, 0.4) is 0 Å². The van der Waals surface area contributed by atoms with E-state index < -0.39 is 0 Å². The molecule has 0 saturated heterocycles. The lowest BCUT2D eigenvalue weighted by molar-refractivity contribution is -0.115. The summed E-state index contributed by atoms with van der Waals surface area (Å²) in [4.78, 5) is 28.5. The van der Waals surface area contributed by atoms with Crippen LogP contribution >= 0.6 is 11.3 Å². The fraction of sp³-hybridized carbons (Fsp3) is 0.250. The van der Waals surface area contributed by atoms with E-state index in [9.17, 15) is 9.59 Å². The molecule has 0 unspecified atom stereocenters. The zero-order valence-corrected chi connectivity index (χ0v) is 16.2. The zero-order chi connectivity index (χ0) is 19.5. The van der Waals surface area contributed by atoms with E-state index in [4.69, 9.17) is 4.74 Å². The molecule has 2 heterocycles. The summed E-state index contributed by atoms with van der Waals surface area (Å²) in [6, 6.07) is 9.48. The number of ether oxygens (including phenoxy) is 1. The van der Waals surface area contributed by atoms with Crippen molar-refractivity contribution in [2.45, 2.75) is 18.9 Å². The molecule has 0 spiro atoms. The van der Waals surface area contributed by atoms with Crippen LogP contribution in [0.5, 0.6) is 5.75 Å². The van der Waals surface area contributed by atoms with Gasteiger partial charge in [-0.25, -0.2) is 4.98 Å². The summed E-state index contributed by atoms with van der Waals surface area (Å²) in [6.07, 6.45) is 6.03. The number of hydrogen-bond acceptors (Lipinski definition) is 5. The van der Waals surface area contributed by atoms with Crippen LogP contribution in [0.25, 0.3) is 11.3 Å². The molecule has 28 heavy (non-hydrogen) atoms. The van der Waals surface area contributed by atoms with E-state index in [0.29, 0.717) is 16.8 Å². The molecule has 0 radical (unpaired) electrons. The quantitative estimate of drug-likeness (QED) is 0.643. The van der Waals surface area contributed by atoms with E-state index in [1.165, 1.54) is 11.3 Å². The van der Waals surface area contributed by atoms with Gasteiger partial charge in [0.05, 0.1) is 23.9 Å². The average molecular weight is 396 g/mol. The molecule has 0 bridgehead atoms. The van der Waals surface area contributed by atoms with Gasteiger partial charge in [0.2, 0.25) is 5.91 Å². The third kappa shape index (κ3) is 4.58. The van der Waals surface area contributed by atoms with Crippen LogP contribution in [0.15, 0.2) is 48.1 Å². The third-order valence-electron chi connectivity index (χ3n) is 4.21. The first-order chi connectivity index (χ1) is 13.6. The number of anilines is 1. The van der Waals surface area contributed by atoms with E-state index in [0.717, 1.165) is 29.8 Å². The maximum absolute atomic E-state index is 12.1. The smallest absolute Gasteiger partial charge is 0.253 e. The third-order valence-corrected chi connectivity index (χ3v) is 4.97. The average Bonchev–Trinajstić information content (AvgIpc) is 3.19. The topological polar surface area (TPSA) is 85.3 Å². The molecule has 3 aromatic rings. The number of nitrogens with one attached hydrogen (secondary N) is 2. The number of hydrogen-bond donors (Lipinski definition) is 2. The normalized spacial score (nSPS) is 13.2. The molecule has 1 aliphatic rings. The van der Waals surface area contributed by atoms with Crippen molar-refractivity contribution in [1.29, 1.82) is 0 Å². The van der Waals surface area contributed by atoms with Gasteiger partial charge in [0.25, 0.3) is 5.91 Å². The molecule has 2 N–H and O–H groups in total. The summed E-state index contributed by atoms with van der Waals surface area (Å²) in [5.41, 5.74) is 2.22. The molecule has 1 saturated carbocycles. The van der Waals surface area contributed by atoms with Crippen molar-refractivity contribution in [2.24, 2.45) is 7.05 Å². The van der Waals surface area contributed by atoms with Crippen LogP contribution in [-0.2, 0) is 11.8 Å². The second-order valence-electron chi connectivity index (χ2n) is 6.68. The number of aryl methyl sites for hydroxylation is 1. The van der Waals surface area contributed by atoms with Crippen LogP contribution in [0.2, 0.25) is 0 Å². The van der Waals surface area contributed by atoms with Gasteiger partial charge < -0.3 is 19.9 Å². The van der Waals surface area contributed by atoms with Crippen LogP contribution in [0.1, 0.15) is 23.2 Å². The Morgan fingerprint density at radius 3 is 2.93 bits per heavy atom. The Morgan fingerprint density at radius 2 is 2.18 bits per heavy atom. The second kappa shape index (κ2) is 7.85. The van der Waals surface area contributed by atoms with Crippen LogP contribution in [0, 0.1) is 0 Å². The van der Waals surface area contributed by atoms with Gasteiger partial charge in [0.1, 0.15) is 5.75 Å². The Morgan fingerprint density at radius 1 is 1.32 bits per heavy atom. The molecule has 2 amide bonds. The fourth-order valence-corrected chi connectivity index (χ4v) is 3.37. The van der Waals surface area contributed by atoms with Crippen LogP contribution < -0.4 is 15.4 Å². The van der Waals surface area contributed by atoms with E-state index >= 15 is 0 Å². The van der Waals surface area contributed by atoms with Gasteiger partial charge in [-0.05, 0) is 31.0 Å². The summed E-state index contributed by atoms with van der Waals surface area (Å²) in [5, 5.41) is 7.69. The predicted molar refractivity (Wildman–Crippen MR) is 108 cm³/mol. The number of carbonyl (C=O) groups excluding carboxylic acids is 2. The van der Waals surface area contributed by atoms with Gasteiger partial charge in [-0.15, -0.1) is 11.3 Å². The summed E-state index contributed by atoms with van der Waals surface area (Å²) < 4.78 is 7.59. The molecule has 1 fully saturated rings. The van der Waals surface area contributed by atoms with Gasteiger partial charge >= 0.3 is 0 Å². The highest BCUT2D eigenvalue weighted by Crippen LogP contribution is 2.31. The molecule has 7 nitrogen and oxygen atoms in total. The number of benzene rings is 1. The molecule has 4 rings (SSSR count). The highest BCUT2D eigenvalue weighted by Gasteiger charge is 2.23. The van der Waals surface area contributed by atoms with Gasteiger partial charge in [-0.3, -0.25) is 9.59 Å². The Hall–Kier alpha value is -3.13. The van der Waals surface area contributed by atoms with E-state index in [1.54, 1.807) is 23.0 Å². The van der Waals surface area contributed by atoms with E-state index in [2.05, 4.69) is 15.6 Å². The Kier molecular flexibility index (Phi) is 5.12. The predicted octanol–water partition coefficient (Wildman–Crippen LogP) is 3.06. The number of carbonyl (C=O) groups is 2. The number of rotatable bonds is 7. The monoisotopic (exact) mass is 396 g/mol.